The smallest absolute Gasteiger partial charge is 0.226 e. The van der Waals surface area contributed by atoms with Crippen LogP contribution in [-0.2, 0) is 9.53 Å². The number of benzene rings is 1. The zero-order chi connectivity index (χ0) is 17.9. The van der Waals surface area contributed by atoms with E-state index in [2.05, 4.69) is 16.4 Å². The molecule has 0 bridgehead atoms. The summed E-state index contributed by atoms with van der Waals surface area (Å²) < 4.78 is 11.8. The maximum absolute atomic E-state index is 12.4. The molecule has 1 aliphatic carbocycles. The quantitative estimate of drug-likeness (QED) is 0.913. The Morgan fingerprint density at radius 1 is 1.19 bits per heavy atom. The van der Waals surface area contributed by atoms with Crippen molar-refractivity contribution in [3.05, 3.63) is 36.7 Å². The fraction of sp³-hybridized carbons (Fsp3) is 0.524. The summed E-state index contributed by atoms with van der Waals surface area (Å²) in [4.78, 5) is 16.6. The summed E-state index contributed by atoms with van der Waals surface area (Å²) in [6, 6.07) is 8.34. The van der Waals surface area contributed by atoms with Crippen LogP contribution in [0.2, 0.25) is 0 Å². The van der Waals surface area contributed by atoms with E-state index in [9.17, 15) is 4.79 Å². The SMILES string of the molecule is C[C@H]1OCC[C@@H]1C(=O)NC1CCC(Oc2cccc3cnccc23)CC1. The van der Waals surface area contributed by atoms with Crippen LogP contribution < -0.4 is 10.1 Å². The van der Waals surface area contributed by atoms with Crippen LogP contribution in [0, 0.1) is 5.92 Å². The molecular weight excluding hydrogens is 328 g/mol. The predicted octanol–water partition coefficient (Wildman–Crippen LogP) is 3.47. The third-order valence-electron chi connectivity index (χ3n) is 5.67. The molecule has 0 spiro atoms. The first-order valence-corrected chi connectivity index (χ1v) is 9.62. The molecular formula is C21H26N2O3. The van der Waals surface area contributed by atoms with Crippen molar-refractivity contribution >= 4 is 16.7 Å². The predicted molar refractivity (Wildman–Crippen MR) is 100 cm³/mol. The van der Waals surface area contributed by atoms with Crippen LogP contribution in [-0.4, -0.2) is 35.7 Å². The molecule has 26 heavy (non-hydrogen) atoms. The zero-order valence-electron chi connectivity index (χ0n) is 15.2. The fourth-order valence-electron chi connectivity index (χ4n) is 4.08. The van der Waals surface area contributed by atoms with Crippen LogP contribution in [0.15, 0.2) is 36.7 Å². The summed E-state index contributed by atoms with van der Waals surface area (Å²) in [5.74, 6) is 1.09. The van der Waals surface area contributed by atoms with E-state index in [0.29, 0.717) is 6.61 Å². The minimum atomic E-state index is 0.00765. The molecule has 1 N–H and O–H groups in total. The fourth-order valence-corrected chi connectivity index (χ4v) is 4.08. The van der Waals surface area contributed by atoms with Crippen LogP contribution >= 0.6 is 0 Å². The Kier molecular flexibility index (Phi) is 5.07. The van der Waals surface area contributed by atoms with Gasteiger partial charge in [-0.1, -0.05) is 12.1 Å². The summed E-state index contributed by atoms with van der Waals surface area (Å²) >= 11 is 0. The van der Waals surface area contributed by atoms with Gasteiger partial charge in [-0.25, -0.2) is 0 Å². The van der Waals surface area contributed by atoms with Gasteiger partial charge in [-0.15, -0.1) is 0 Å². The molecule has 1 aromatic carbocycles. The van der Waals surface area contributed by atoms with Crippen molar-refractivity contribution in [2.24, 2.45) is 5.92 Å². The van der Waals surface area contributed by atoms with E-state index in [1.54, 1.807) is 6.20 Å². The first-order valence-electron chi connectivity index (χ1n) is 9.62. The van der Waals surface area contributed by atoms with Gasteiger partial charge in [-0.3, -0.25) is 9.78 Å². The van der Waals surface area contributed by atoms with Gasteiger partial charge in [0.15, 0.2) is 0 Å². The maximum atomic E-state index is 12.4. The first-order chi connectivity index (χ1) is 12.7. The molecule has 4 rings (SSSR count). The van der Waals surface area contributed by atoms with Crippen LogP contribution in [0.3, 0.4) is 0 Å². The highest BCUT2D eigenvalue weighted by atomic mass is 16.5. The number of aromatic nitrogens is 1. The van der Waals surface area contributed by atoms with Crippen LogP contribution in [0.1, 0.15) is 39.0 Å². The topological polar surface area (TPSA) is 60.5 Å². The molecule has 0 radical (unpaired) electrons. The monoisotopic (exact) mass is 354 g/mol. The average Bonchev–Trinajstić information content (AvgIpc) is 3.10. The lowest BCUT2D eigenvalue weighted by Crippen LogP contribution is -2.43. The lowest BCUT2D eigenvalue weighted by Gasteiger charge is -2.30. The van der Waals surface area contributed by atoms with E-state index >= 15 is 0 Å². The van der Waals surface area contributed by atoms with Gasteiger partial charge in [0.2, 0.25) is 5.91 Å². The second-order valence-corrected chi connectivity index (χ2v) is 7.42. The van der Waals surface area contributed by atoms with Crippen LogP contribution in [0.5, 0.6) is 5.75 Å². The van der Waals surface area contributed by atoms with Crippen LogP contribution in [0.4, 0.5) is 0 Å². The van der Waals surface area contributed by atoms with Crippen LogP contribution in [0.25, 0.3) is 10.8 Å². The zero-order valence-corrected chi connectivity index (χ0v) is 15.2. The summed E-state index contributed by atoms with van der Waals surface area (Å²) in [6.07, 6.45) is 8.59. The van der Waals surface area contributed by atoms with Crippen molar-refractivity contribution in [3.63, 3.8) is 0 Å². The molecule has 5 heteroatoms. The molecule has 1 aliphatic heterocycles. The van der Waals surface area contributed by atoms with Crippen molar-refractivity contribution in [3.8, 4) is 5.75 Å². The number of carbonyl (C=O) groups excluding carboxylic acids is 1. The number of hydrogen-bond donors (Lipinski definition) is 1. The first kappa shape index (κ1) is 17.3. The molecule has 1 aromatic heterocycles. The number of hydrogen-bond acceptors (Lipinski definition) is 4. The number of ether oxygens (including phenoxy) is 2. The van der Waals surface area contributed by atoms with Gasteiger partial charge in [0, 0.05) is 35.8 Å². The van der Waals surface area contributed by atoms with E-state index in [1.807, 2.05) is 31.3 Å². The molecule has 2 heterocycles. The second-order valence-electron chi connectivity index (χ2n) is 7.42. The number of carbonyl (C=O) groups is 1. The highest BCUT2D eigenvalue weighted by Gasteiger charge is 2.33. The third kappa shape index (κ3) is 3.68. The Bertz CT molecular complexity index is 765. The summed E-state index contributed by atoms with van der Waals surface area (Å²) in [5, 5.41) is 5.42. The van der Waals surface area contributed by atoms with Crippen molar-refractivity contribution in [1.82, 2.24) is 10.3 Å². The highest BCUT2D eigenvalue weighted by molar-refractivity contribution is 5.87. The van der Waals surface area contributed by atoms with Gasteiger partial charge in [0.05, 0.1) is 18.1 Å². The minimum Gasteiger partial charge on any atom is -0.490 e. The minimum absolute atomic E-state index is 0.00765. The number of pyridine rings is 1. The number of fused-ring (bicyclic) bond motifs is 1. The van der Waals surface area contributed by atoms with E-state index in [4.69, 9.17) is 9.47 Å². The Hall–Kier alpha value is -2.14. The molecule has 1 saturated heterocycles. The van der Waals surface area contributed by atoms with E-state index in [1.165, 1.54) is 0 Å². The lowest BCUT2D eigenvalue weighted by atomic mass is 9.91. The van der Waals surface area contributed by atoms with E-state index < -0.39 is 0 Å². The largest absolute Gasteiger partial charge is 0.490 e. The van der Waals surface area contributed by atoms with Gasteiger partial charge in [0.1, 0.15) is 5.75 Å². The summed E-state index contributed by atoms with van der Waals surface area (Å²) in [7, 11) is 0. The average molecular weight is 354 g/mol. The normalized spacial score (nSPS) is 28.8. The third-order valence-corrected chi connectivity index (χ3v) is 5.67. The van der Waals surface area contributed by atoms with Gasteiger partial charge in [0.25, 0.3) is 0 Å². The molecule has 5 nitrogen and oxygen atoms in total. The number of rotatable bonds is 4. The molecule has 2 aromatic rings. The Morgan fingerprint density at radius 2 is 2.04 bits per heavy atom. The number of nitrogens with zero attached hydrogens (tertiary/aromatic N) is 1. The van der Waals surface area contributed by atoms with Crippen molar-refractivity contribution < 1.29 is 14.3 Å². The molecule has 138 valence electrons. The molecule has 1 saturated carbocycles. The molecule has 1 amide bonds. The number of amides is 1. The van der Waals surface area contributed by atoms with Crippen molar-refractivity contribution in [2.75, 3.05) is 6.61 Å². The number of nitrogens with one attached hydrogen (secondary N) is 1. The van der Waals surface area contributed by atoms with E-state index in [-0.39, 0.29) is 30.1 Å². The van der Waals surface area contributed by atoms with Gasteiger partial charge < -0.3 is 14.8 Å². The molecule has 0 unspecified atom stereocenters. The highest BCUT2D eigenvalue weighted by Crippen LogP contribution is 2.30. The summed E-state index contributed by atoms with van der Waals surface area (Å²) in [6.45, 7) is 2.68. The summed E-state index contributed by atoms with van der Waals surface area (Å²) in [5.41, 5.74) is 0. The van der Waals surface area contributed by atoms with Crippen molar-refractivity contribution in [1.29, 1.82) is 0 Å². The maximum Gasteiger partial charge on any atom is 0.226 e. The lowest BCUT2D eigenvalue weighted by molar-refractivity contribution is -0.127. The molecule has 2 fully saturated rings. The van der Waals surface area contributed by atoms with Gasteiger partial charge in [-0.05, 0) is 51.2 Å². The molecule has 2 atom stereocenters. The Morgan fingerprint density at radius 3 is 2.81 bits per heavy atom. The van der Waals surface area contributed by atoms with Gasteiger partial charge in [-0.2, -0.15) is 0 Å². The standard InChI is InChI=1S/C21H26N2O3/c1-14-18(10-12-25-14)21(24)23-16-5-7-17(8-6-16)26-20-4-2-3-15-13-22-11-9-19(15)20/h2-4,9,11,13-14,16-18H,5-8,10,12H2,1H3,(H,23,24)/t14-,16?,17?,18+/m1/s1. The van der Waals surface area contributed by atoms with Crippen molar-refractivity contribution in [2.45, 2.75) is 57.3 Å². The Labute approximate surface area is 154 Å². The Balaban J connectivity index is 1.31. The second kappa shape index (κ2) is 7.62. The van der Waals surface area contributed by atoms with Gasteiger partial charge >= 0.3 is 0 Å². The van der Waals surface area contributed by atoms with E-state index in [0.717, 1.165) is 48.6 Å². The molecule has 2 aliphatic rings.